The van der Waals surface area contributed by atoms with E-state index >= 15 is 0 Å². The highest BCUT2D eigenvalue weighted by Crippen LogP contribution is 2.26. The van der Waals surface area contributed by atoms with Crippen LogP contribution in [0.5, 0.6) is 0 Å². The number of likely N-dealkylation sites (tertiary alicyclic amines) is 1. The fourth-order valence-corrected chi connectivity index (χ4v) is 5.08. The average molecular weight is 505 g/mol. The third-order valence-electron chi connectivity index (χ3n) is 6.92. The molecule has 0 unspecified atom stereocenters. The average Bonchev–Trinajstić information content (AvgIpc) is 3.31. The number of β-amino-alcohol motifs (C(OH)–C–C–N with tert-alkyl or cyclic N) is 1. The minimum Gasteiger partial charge on any atom is -0.390 e. The summed E-state index contributed by atoms with van der Waals surface area (Å²) in [5.74, 6) is -0.121. The zero-order chi connectivity index (χ0) is 25.1. The van der Waals surface area contributed by atoms with E-state index in [0.29, 0.717) is 48.9 Å². The van der Waals surface area contributed by atoms with Gasteiger partial charge < -0.3 is 20.2 Å². The second-order valence-electron chi connectivity index (χ2n) is 9.22. The molecule has 36 heavy (non-hydrogen) atoms. The van der Waals surface area contributed by atoms with Crippen LogP contribution < -0.4 is 5.32 Å². The van der Waals surface area contributed by atoms with Gasteiger partial charge in [0.2, 0.25) is 0 Å². The first-order valence-electron chi connectivity index (χ1n) is 12.2. The molecule has 2 atom stereocenters. The minimum atomic E-state index is -0.637. The number of nitrogens with one attached hydrogen (secondary N) is 1. The Bertz CT molecular complexity index is 1210. The lowest BCUT2D eigenvalue weighted by Gasteiger charge is -2.38. The molecule has 0 aromatic heterocycles. The summed E-state index contributed by atoms with van der Waals surface area (Å²) in [5.41, 5.74) is 2.84. The normalized spacial score (nSPS) is 20.4. The molecular formula is C28H29ClN4O3. The largest absolute Gasteiger partial charge is 0.390 e. The van der Waals surface area contributed by atoms with E-state index in [-0.39, 0.29) is 24.4 Å². The molecule has 8 heteroatoms. The molecule has 3 aromatic rings. The van der Waals surface area contributed by atoms with Gasteiger partial charge in [-0.1, -0.05) is 41.9 Å². The number of carbonyl (C=O) groups is 2. The molecule has 0 aliphatic carbocycles. The van der Waals surface area contributed by atoms with Crippen LogP contribution in [0.15, 0.2) is 78.9 Å². The van der Waals surface area contributed by atoms with Crippen LogP contribution in [0.4, 0.5) is 11.4 Å². The highest BCUT2D eigenvalue weighted by molar-refractivity contribution is 6.30. The highest BCUT2D eigenvalue weighted by atomic mass is 35.5. The van der Waals surface area contributed by atoms with E-state index in [1.54, 1.807) is 29.2 Å². The Kier molecular flexibility index (Phi) is 7.23. The van der Waals surface area contributed by atoms with Crippen molar-refractivity contribution in [1.82, 2.24) is 14.7 Å². The van der Waals surface area contributed by atoms with E-state index < -0.39 is 6.10 Å². The molecule has 0 radical (unpaired) electrons. The molecular weight excluding hydrogens is 476 g/mol. The van der Waals surface area contributed by atoms with Crippen LogP contribution in [0.2, 0.25) is 5.02 Å². The maximum atomic E-state index is 13.4. The zero-order valence-corrected chi connectivity index (χ0v) is 20.6. The number of hydrogen-bond donors (Lipinski definition) is 2. The fraction of sp³-hybridized carbons (Fsp3) is 0.286. The molecule has 3 aromatic carbocycles. The van der Waals surface area contributed by atoms with Gasteiger partial charge in [-0.05, 0) is 48.5 Å². The summed E-state index contributed by atoms with van der Waals surface area (Å²) in [5, 5.41) is 14.8. The van der Waals surface area contributed by atoms with Crippen LogP contribution in [0, 0.1) is 0 Å². The van der Waals surface area contributed by atoms with Gasteiger partial charge in [-0.15, -0.1) is 0 Å². The number of nitrogens with zero attached hydrogens (tertiary/aromatic N) is 3. The van der Waals surface area contributed by atoms with Crippen molar-refractivity contribution in [2.45, 2.75) is 12.1 Å². The Morgan fingerprint density at radius 1 is 0.778 bits per heavy atom. The standard InChI is InChI=1S/C28H29ClN4O3/c29-21-12-10-20(11-13-21)27(35)32-16-14-31(15-17-32)25-18-33(19-26(25)34)28(36)23-8-4-5-9-24(23)30-22-6-2-1-3-7-22/h1-13,25-26,30,34H,14-19H2/t25-,26-/m1/s1. The number of anilines is 2. The lowest BCUT2D eigenvalue weighted by atomic mass is 10.1. The van der Waals surface area contributed by atoms with Gasteiger partial charge in [0.05, 0.1) is 23.4 Å². The second-order valence-corrected chi connectivity index (χ2v) is 9.65. The van der Waals surface area contributed by atoms with Crippen molar-refractivity contribution in [3.8, 4) is 0 Å². The van der Waals surface area contributed by atoms with Crippen molar-refractivity contribution in [1.29, 1.82) is 0 Å². The van der Waals surface area contributed by atoms with Crippen molar-refractivity contribution >= 4 is 34.8 Å². The molecule has 7 nitrogen and oxygen atoms in total. The first-order valence-corrected chi connectivity index (χ1v) is 12.5. The molecule has 2 heterocycles. The van der Waals surface area contributed by atoms with E-state index in [2.05, 4.69) is 10.2 Å². The molecule has 2 aliphatic heterocycles. The molecule has 2 N–H and O–H groups in total. The molecule has 2 saturated heterocycles. The van der Waals surface area contributed by atoms with Gasteiger partial charge in [0.1, 0.15) is 0 Å². The molecule has 5 rings (SSSR count). The number of carbonyl (C=O) groups excluding carboxylic acids is 2. The molecule has 2 amide bonds. The van der Waals surface area contributed by atoms with Crippen molar-refractivity contribution < 1.29 is 14.7 Å². The van der Waals surface area contributed by atoms with E-state index in [4.69, 9.17) is 11.6 Å². The van der Waals surface area contributed by atoms with Gasteiger partial charge >= 0.3 is 0 Å². The van der Waals surface area contributed by atoms with E-state index in [1.807, 2.05) is 59.5 Å². The number of amides is 2. The maximum absolute atomic E-state index is 13.4. The maximum Gasteiger partial charge on any atom is 0.256 e. The van der Waals surface area contributed by atoms with Crippen LogP contribution in [-0.4, -0.2) is 83.0 Å². The number of benzene rings is 3. The third kappa shape index (κ3) is 5.23. The van der Waals surface area contributed by atoms with Crippen molar-refractivity contribution in [2.24, 2.45) is 0 Å². The van der Waals surface area contributed by atoms with Crippen LogP contribution in [0.3, 0.4) is 0 Å². The summed E-state index contributed by atoms with van der Waals surface area (Å²) in [6, 6.07) is 24.0. The number of halogens is 1. The summed E-state index contributed by atoms with van der Waals surface area (Å²) in [7, 11) is 0. The predicted molar refractivity (Wildman–Crippen MR) is 141 cm³/mol. The van der Waals surface area contributed by atoms with Crippen LogP contribution in [0.1, 0.15) is 20.7 Å². The van der Waals surface area contributed by atoms with Crippen molar-refractivity contribution in [2.75, 3.05) is 44.6 Å². The quantitative estimate of drug-likeness (QED) is 0.554. The molecule has 0 saturated carbocycles. The number of rotatable bonds is 5. The highest BCUT2D eigenvalue weighted by Gasteiger charge is 2.39. The van der Waals surface area contributed by atoms with Gasteiger partial charge in [0.15, 0.2) is 0 Å². The topological polar surface area (TPSA) is 76.1 Å². The van der Waals surface area contributed by atoms with Crippen LogP contribution in [0.25, 0.3) is 0 Å². The molecule has 2 fully saturated rings. The first kappa shape index (κ1) is 24.3. The SMILES string of the molecule is O=C(c1ccc(Cl)cc1)N1CCN([C@@H]2CN(C(=O)c3ccccc3Nc3ccccc3)C[C@H]2O)CC1. The minimum absolute atomic E-state index is 0.0161. The predicted octanol–water partition coefficient (Wildman–Crippen LogP) is 3.73. The Hall–Kier alpha value is -3.39. The Morgan fingerprint density at radius 3 is 2.17 bits per heavy atom. The summed E-state index contributed by atoms with van der Waals surface area (Å²) < 4.78 is 0. The Morgan fingerprint density at radius 2 is 1.44 bits per heavy atom. The molecule has 0 bridgehead atoms. The van der Waals surface area contributed by atoms with Crippen molar-refractivity contribution in [3.05, 3.63) is 95.0 Å². The third-order valence-corrected chi connectivity index (χ3v) is 7.17. The Labute approximate surface area is 215 Å². The van der Waals surface area contributed by atoms with Crippen LogP contribution >= 0.6 is 11.6 Å². The molecule has 0 spiro atoms. The van der Waals surface area contributed by atoms with E-state index in [1.165, 1.54) is 0 Å². The van der Waals surface area contributed by atoms with Gasteiger partial charge in [0.25, 0.3) is 11.8 Å². The fourth-order valence-electron chi connectivity index (χ4n) is 4.95. The summed E-state index contributed by atoms with van der Waals surface area (Å²) in [6.07, 6.45) is -0.637. The smallest absolute Gasteiger partial charge is 0.256 e. The number of piperazine rings is 1. The number of aliphatic hydroxyl groups is 1. The lowest BCUT2D eigenvalue weighted by Crippen LogP contribution is -2.54. The number of aliphatic hydroxyl groups excluding tert-OH is 1. The summed E-state index contributed by atoms with van der Waals surface area (Å²) >= 11 is 5.94. The lowest BCUT2D eigenvalue weighted by molar-refractivity contribution is 0.0376. The van der Waals surface area contributed by atoms with Crippen molar-refractivity contribution in [3.63, 3.8) is 0 Å². The van der Waals surface area contributed by atoms with Gasteiger partial charge in [-0.25, -0.2) is 0 Å². The zero-order valence-electron chi connectivity index (χ0n) is 19.9. The number of para-hydroxylation sites is 2. The van der Waals surface area contributed by atoms with Gasteiger partial charge in [-0.3, -0.25) is 14.5 Å². The molecule has 186 valence electrons. The summed E-state index contributed by atoms with van der Waals surface area (Å²) in [4.78, 5) is 32.0. The monoisotopic (exact) mass is 504 g/mol. The summed E-state index contributed by atoms with van der Waals surface area (Å²) in [6.45, 7) is 3.17. The van der Waals surface area contributed by atoms with E-state index in [0.717, 1.165) is 11.4 Å². The van der Waals surface area contributed by atoms with Gasteiger partial charge in [0, 0.05) is 55.5 Å². The number of hydrogen-bond acceptors (Lipinski definition) is 5. The van der Waals surface area contributed by atoms with Gasteiger partial charge in [-0.2, -0.15) is 0 Å². The first-order chi connectivity index (χ1) is 17.5. The van der Waals surface area contributed by atoms with E-state index in [9.17, 15) is 14.7 Å². The Balaban J connectivity index is 1.21. The second kappa shape index (κ2) is 10.7. The molecule has 2 aliphatic rings. The van der Waals surface area contributed by atoms with Crippen LogP contribution in [-0.2, 0) is 0 Å².